The summed E-state index contributed by atoms with van der Waals surface area (Å²) in [5.74, 6) is 0. The molecule has 2 aromatic carbocycles. The molecule has 0 heterocycles. The number of thiocarbonyl (C=S) groups is 1. The highest BCUT2D eigenvalue weighted by molar-refractivity contribution is 9.10. The van der Waals surface area contributed by atoms with E-state index < -0.39 is 0 Å². The van der Waals surface area contributed by atoms with Crippen molar-refractivity contribution in [3.63, 3.8) is 0 Å². The van der Waals surface area contributed by atoms with Gasteiger partial charge in [-0.25, -0.2) is 0 Å². The first kappa shape index (κ1) is 14.3. The number of anilines is 2. The Kier molecular flexibility index (Phi) is 4.45. The van der Waals surface area contributed by atoms with Crippen molar-refractivity contribution in [3.8, 4) is 0 Å². The molecular formula is C14H12BrClN2S. The zero-order chi connectivity index (χ0) is 14.0. The molecule has 0 aliphatic carbocycles. The summed E-state index contributed by atoms with van der Waals surface area (Å²) in [6.45, 7) is 2.00. The fraction of sp³-hybridized carbons (Fsp3) is 0.0714. The Morgan fingerprint density at radius 3 is 2.68 bits per heavy atom. The highest BCUT2D eigenvalue weighted by atomic mass is 79.9. The summed E-state index contributed by atoms with van der Waals surface area (Å²) in [6, 6.07) is 11.5. The van der Waals surface area contributed by atoms with Gasteiger partial charge in [-0.3, -0.25) is 0 Å². The predicted octanol–water partition coefficient (Wildman–Crippen LogP) is 4.79. The molecule has 0 aliphatic rings. The number of aryl methyl sites for hydroxylation is 1. The fourth-order valence-electron chi connectivity index (χ4n) is 1.76. The summed E-state index contributed by atoms with van der Waals surface area (Å²) < 4.78 is 0.933. The largest absolute Gasteiger partial charge is 0.389 e. The van der Waals surface area contributed by atoms with Gasteiger partial charge in [0.05, 0.1) is 16.4 Å². The Balaban J connectivity index is 2.46. The lowest BCUT2D eigenvalue weighted by Crippen LogP contribution is -2.12. The summed E-state index contributed by atoms with van der Waals surface area (Å²) in [6.07, 6.45) is 0. The molecule has 0 spiro atoms. The number of nitrogens with one attached hydrogen (secondary N) is 1. The molecule has 0 amide bonds. The number of para-hydroxylation sites is 1. The molecule has 0 atom stereocenters. The van der Waals surface area contributed by atoms with E-state index in [0.717, 1.165) is 27.0 Å². The van der Waals surface area contributed by atoms with Gasteiger partial charge in [-0.2, -0.15) is 0 Å². The molecule has 19 heavy (non-hydrogen) atoms. The van der Waals surface area contributed by atoms with Crippen molar-refractivity contribution in [2.75, 3.05) is 5.32 Å². The van der Waals surface area contributed by atoms with Crippen LogP contribution in [0, 0.1) is 6.92 Å². The van der Waals surface area contributed by atoms with Crippen molar-refractivity contribution in [2.24, 2.45) is 5.73 Å². The summed E-state index contributed by atoms with van der Waals surface area (Å²) in [5.41, 5.74) is 9.33. The molecule has 2 rings (SSSR count). The molecule has 0 fully saturated rings. The standard InChI is InChI=1S/C14H12BrClN2S/c1-8-3-2-4-10(14(17)19)13(8)18-12-6-5-9(15)7-11(12)16/h2-7,18H,1H3,(H2,17,19). The second-order valence-electron chi connectivity index (χ2n) is 4.11. The summed E-state index contributed by atoms with van der Waals surface area (Å²) in [7, 11) is 0. The van der Waals surface area contributed by atoms with Gasteiger partial charge in [-0.05, 0) is 36.8 Å². The molecule has 0 bridgehead atoms. The third-order valence-corrected chi connectivity index (χ3v) is 3.75. The van der Waals surface area contributed by atoms with E-state index >= 15 is 0 Å². The Morgan fingerprint density at radius 2 is 2.05 bits per heavy atom. The normalized spacial score (nSPS) is 10.3. The van der Waals surface area contributed by atoms with Crippen LogP contribution in [0.1, 0.15) is 11.1 Å². The van der Waals surface area contributed by atoms with Gasteiger partial charge in [0, 0.05) is 10.0 Å². The van der Waals surface area contributed by atoms with E-state index in [2.05, 4.69) is 21.2 Å². The first-order valence-electron chi connectivity index (χ1n) is 5.60. The van der Waals surface area contributed by atoms with Crippen LogP contribution in [0.25, 0.3) is 0 Å². The maximum absolute atomic E-state index is 6.21. The van der Waals surface area contributed by atoms with Crippen LogP contribution in [0.3, 0.4) is 0 Å². The molecule has 5 heteroatoms. The van der Waals surface area contributed by atoms with Gasteiger partial charge in [0.1, 0.15) is 4.99 Å². The quantitative estimate of drug-likeness (QED) is 0.778. The maximum atomic E-state index is 6.21. The molecule has 0 unspecified atom stereocenters. The number of hydrogen-bond acceptors (Lipinski definition) is 2. The van der Waals surface area contributed by atoms with Crippen LogP contribution in [0.2, 0.25) is 5.02 Å². The lowest BCUT2D eigenvalue weighted by Gasteiger charge is -2.15. The molecular weight excluding hydrogens is 344 g/mol. The van der Waals surface area contributed by atoms with Gasteiger partial charge in [-0.15, -0.1) is 0 Å². The molecule has 98 valence electrons. The topological polar surface area (TPSA) is 38.0 Å². The second kappa shape index (κ2) is 5.90. The minimum Gasteiger partial charge on any atom is -0.389 e. The van der Waals surface area contributed by atoms with E-state index in [1.807, 2.05) is 43.3 Å². The molecule has 0 radical (unpaired) electrons. The van der Waals surface area contributed by atoms with Crippen molar-refractivity contribution < 1.29 is 0 Å². The number of rotatable bonds is 3. The molecule has 2 nitrogen and oxygen atoms in total. The first-order chi connectivity index (χ1) is 8.99. The highest BCUT2D eigenvalue weighted by Gasteiger charge is 2.10. The molecule has 0 saturated heterocycles. The highest BCUT2D eigenvalue weighted by Crippen LogP contribution is 2.31. The molecule has 0 aromatic heterocycles. The van der Waals surface area contributed by atoms with Crippen LogP contribution >= 0.6 is 39.7 Å². The monoisotopic (exact) mass is 354 g/mol. The minimum atomic E-state index is 0.361. The molecule has 0 saturated carbocycles. The van der Waals surface area contributed by atoms with Crippen molar-refractivity contribution in [1.29, 1.82) is 0 Å². The lowest BCUT2D eigenvalue weighted by atomic mass is 10.1. The average Bonchev–Trinajstić information content (AvgIpc) is 2.34. The van der Waals surface area contributed by atoms with Crippen LogP contribution in [0.15, 0.2) is 40.9 Å². The fourth-order valence-corrected chi connectivity index (χ4v) is 2.66. The minimum absolute atomic E-state index is 0.361. The van der Waals surface area contributed by atoms with Crippen molar-refractivity contribution >= 4 is 56.1 Å². The number of halogens is 2. The van der Waals surface area contributed by atoms with Crippen molar-refractivity contribution in [1.82, 2.24) is 0 Å². The number of hydrogen-bond donors (Lipinski definition) is 2. The van der Waals surface area contributed by atoms with Crippen LogP contribution < -0.4 is 11.1 Å². The van der Waals surface area contributed by atoms with E-state index in [9.17, 15) is 0 Å². The lowest BCUT2D eigenvalue weighted by molar-refractivity contribution is 1.41. The summed E-state index contributed by atoms with van der Waals surface area (Å²) in [5, 5.41) is 3.93. The van der Waals surface area contributed by atoms with Gasteiger partial charge in [0.2, 0.25) is 0 Å². The van der Waals surface area contributed by atoms with Crippen molar-refractivity contribution in [2.45, 2.75) is 6.92 Å². The van der Waals surface area contributed by atoms with E-state index in [0.29, 0.717) is 10.0 Å². The van der Waals surface area contributed by atoms with Gasteiger partial charge in [-0.1, -0.05) is 51.9 Å². The maximum Gasteiger partial charge on any atom is 0.106 e. The van der Waals surface area contributed by atoms with Gasteiger partial charge < -0.3 is 11.1 Å². The van der Waals surface area contributed by atoms with Crippen molar-refractivity contribution in [3.05, 3.63) is 57.0 Å². The Hall–Kier alpha value is -1.10. The zero-order valence-electron chi connectivity index (χ0n) is 10.2. The third-order valence-electron chi connectivity index (χ3n) is 2.73. The summed E-state index contributed by atoms with van der Waals surface area (Å²) >= 11 is 14.7. The van der Waals surface area contributed by atoms with E-state index in [1.165, 1.54) is 0 Å². The van der Waals surface area contributed by atoms with E-state index in [4.69, 9.17) is 29.6 Å². The van der Waals surface area contributed by atoms with Crippen LogP contribution in [-0.4, -0.2) is 4.99 Å². The van der Waals surface area contributed by atoms with Crippen LogP contribution in [0.5, 0.6) is 0 Å². The van der Waals surface area contributed by atoms with Gasteiger partial charge in [0.25, 0.3) is 0 Å². The third kappa shape index (κ3) is 3.26. The number of nitrogens with two attached hydrogens (primary N) is 1. The van der Waals surface area contributed by atoms with E-state index in [1.54, 1.807) is 0 Å². The molecule has 2 aromatic rings. The van der Waals surface area contributed by atoms with E-state index in [-0.39, 0.29) is 0 Å². The van der Waals surface area contributed by atoms with Gasteiger partial charge >= 0.3 is 0 Å². The van der Waals surface area contributed by atoms with Gasteiger partial charge in [0.15, 0.2) is 0 Å². The number of benzene rings is 2. The Bertz CT molecular complexity index is 643. The zero-order valence-corrected chi connectivity index (χ0v) is 13.4. The smallest absolute Gasteiger partial charge is 0.106 e. The van der Waals surface area contributed by atoms with Crippen LogP contribution in [-0.2, 0) is 0 Å². The SMILES string of the molecule is Cc1cccc(C(N)=S)c1Nc1ccc(Br)cc1Cl. The first-order valence-corrected chi connectivity index (χ1v) is 7.18. The van der Waals surface area contributed by atoms with Crippen LogP contribution in [0.4, 0.5) is 11.4 Å². The Labute approximate surface area is 131 Å². The molecule has 3 N–H and O–H groups in total. The predicted molar refractivity (Wildman–Crippen MR) is 89.5 cm³/mol. The summed E-state index contributed by atoms with van der Waals surface area (Å²) in [4.78, 5) is 0.361. The average molecular weight is 356 g/mol. The second-order valence-corrected chi connectivity index (χ2v) is 5.87. The molecule has 0 aliphatic heterocycles. The Morgan fingerprint density at radius 1 is 1.32 bits per heavy atom.